The third kappa shape index (κ3) is 4.52. The number of hydrogen-bond acceptors (Lipinski definition) is 4. The average molecular weight is 262 g/mol. The first kappa shape index (κ1) is 13.8. The number of nitrogen functional groups attached to an aromatic ring is 1. The second-order valence-electron chi connectivity index (χ2n) is 5.02. The molecule has 1 aliphatic heterocycles. The fourth-order valence-corrected chi connectivity index (χ4v) is 2.35. The van der Waals surface area contributed by atoms with Crippen molar-refractivity contribution in [3.63, 3.8) is 0 Å². The lowest BCUT2D eigenvalue weighted by Crippen LogP contribution is -2.26. The highest BCUT2D eigenvalue weighted by atomic mass is 16.1. The van der Waals surface area contributed by atoms with Gasteiger partial charge in [-0.1, -0.05) is 0 Å². The van der Waals surface area contributed by atoms with Crippen LogP contribution in [0.25, 0.3) is 0 Å². The molecule has 2 heterocycles. The summed E-state index contributed by atoms with van der Waals surface area (Å²) in [4.78, 5) is 18.2. The summed E-state index contributed by atoms with van der Waals surface area (Å²) in [6.07, 6.45) is 7.88. The molecule has 1 amide bonds. The van der Waals surface area contributed by atoms with Gasteiger partial charge in [0, 0.05) is 18.9 Å². The Kier molecular flexibility index (Phi) is 5.15. The summed E-state index contributed by atoms with van der Waals surface area (Å²) in [5, 5.41) is 2.90. The van der Waals surface area contributed by atoms with E-state index < -0.39 is 0 Å². The molecule has 0 aromatic carbocycles. The van der Waals surface area contributed by atoms with Crippen LogP contribution < -0.4 is 11.1 Å². The number of anilines is 1. The molecule has 5 heteroatoms. The number of hydrogen-bond donors (Lipinski definition) is 2. The van der Waals surface area contributed by atoms with E-state index in [9.17, 15) is 4.79 Å². The molecule has 0 spiro atoms. The molecule has 0 atom stereocenters. The molecular formula is C14H22N4O. The summed E-state index contributed by atoms with van der Waals surface area (Å²) < 4.78 is 0. The molecule has 3 N–H and O–H groups in total. The highest BCUT2D eigenvalue weighted by molar-refractivity contribution is 5.94. The van der Waals surface area contributed by atoms with Gasteiger partial charge in [0.15, 0.2) is 0 Å². The van der Waals surface area contributed by atoms with Crippen molar-refractivity contribution in [2.75, 3.05) is 31.9 Å². The topological polar surface area (TPSA) is 71.2 Å². The van der Waals surface area contributed by atoms with Gasteiger partial charge in [-0.2, -0.15) is 0 Å². The first-order valence-electron chi connectivity index (χ1n) is 6.97. The highest BCUT2D eigenvalue weighted by Gasteiger charge is 2.10. The van der Waals surface area contributed by atoms with Gasteiger partial charge in [-0.25, -0.2) is 0 Å². The molecule has 1 aromatic rings. The van der Waals surface area contributed by atoms with Crippen molar-refractivity contribution in [3.05, 3.63) is 24.0 Å². The van der Waals surface area contributed by atoms with Gasteiger partial charge in [-0.05, 0) is 51.4 Å². The number of aromatic nitrogens is 1. The van der Waals surface area contributed by atoms with Crippen molar-refractivity contribution in [2.45, 2.75) is 25.7 Å². The lowest BCUT2D eigenvalue weighted by Gasteiger charge is -2.14. The van der Waals surface area contributed by atoms with Crippen LogP contribution in [-0.2, 0) is 0 Å². The van der Waals surface area contributed by atoms with E-state index in [1.54, 1.807) is 6.07 Å². The van der Waals surface area contributed by atoms with Crippen LogP contribution in [0.1, 0.15) is 36.0 Å². The molecule has 1 aromatic heterocycles. The van der Waals surface area contributed by atoms with Crippen LogP contribution in [0.15, 0.2) is 18.5 Å². The van der Waals surface area contributed by atoms with E-state index in [0.29, 0.717) is 17.8 Å². The smallest absolute Gasteiger partial charge is 0.252 e. The standard InChI is InChI=1S/C14H22N4O/c15-13-9-12(10-16-11-13)14(19)17-5-1-2-6-18-7-3-4-8-18/h9-11H,1-8,15H2,(H,17,19). The molecule has 5 nitrogen and oxygen atoms in total. The summed E-state index contributed by atoms with van der Waals surface area (Å²) >= 11 is 0. The largest absolute Gasteiger partial charge is 0.397 e. The van der Waals surface area contributed by atoms with Crippen molar-refractivity contribution < 1.29 is 4.79 Å². The van der Waals surface area contributed by atoms with Gasteiger partial charge in [-0.3, -0.25) is 9.78 Å². The fraction of sp³-hybridized carbons (Fsp3) is 0.571. The Morgan fingerprint density at radius 3 is 2.84 bits per heavy atom. The van der Waals surface area contributed by atoms with Gasteiger partial charge in [0.25, 0.3) is 5.91 Å². The van der Waals surface area contributed by atoms with Crippen LogP contribution in [0.3, 0.4) is 0 Å². The highest BCUT2D eigenvalue weighted by Crippen LogP contribution is 2.08. The van der Waals surface area contributed by atoms with Crippen LogP contribution >= 0.6 is 0 Å². The summed E-state index contributed by atoms with van der Waals surface area (Å²) in [7, 11) is 0. The summed E-state index contributed by atoms with van der Waals surface area (Å²) in [6, 6.07) is 1.65. The summed E-state index contributed by atoms with van der Waals surface area (Å²) in [6.45, 7) is 4.33. The van der Waals surface area contributed by atoms with E-state index in [1.807, 2.05) is 0 Å². The number of pyridine rings is 1. The molecule has 19 heavy (non-hydrogen) atoms. The minimum Gasteiger partial charge on any atom is -0.397 e. The van der Waals surface area contributed by atoms with E-state index in [1.165, 1.54) is 38.3 Å². The maximum Gasteiger partial charge on any atom is 0.252 e. The fourth-order valence-electron chi connectivity index (χ4n) is 2.35. The molecule has 2 rings (SSSR count). The Morgan fingerprint density at radius 2 is 2.11 bits per heavy atom. The predicted octanol–water partition coefficient (Wildman–Crippen LogP) is 1.27. The van der Waals surface area contributed by atoms with Crippen molar-refractivity contribution >= 4 is 11.6 Å². The second kappa shape index (κ2) is 7.09. The molecule has 1 aliphatic rings. The minimum atomic E-state index is -0.0963. The third-order valence-electron chi connectivity index (χ3n) is 3.41. The lowest BCUT2D eigenvalue weighted by molar-refractivity contribution is 0.0952. The SMILES string of the molecule is Nc1cncc(C(=O)NCCCCN2CCCC2)c1. The summed E-state index contributed by atoms with van der Waals surface area (Å²) in [5.41, 5.74) is 6.64. The molecule has 0 unspecified atom stereocenters. The number of nitrogens with one attached hydrogen (secondary N) is 1. The number of carbonyl (C=O) groups is 1. The molecule has 0 saturated carbocycles. The maximum atomic E-state index is 11.8. The van der Waals surface area contributed by atoms with Crippen LogP contribution in [0.5, 0.6) is 0 Å². The van der Waals surface area contributed by atoms with Gasteiger partial charge in [0.05, 0.1) is 11.3 Å². The zero-order valence-electron chi connectivity index (χ0n) is 11.3. The zero-order chi connectivity index (χ0) is 13.5. The third-order valence-corrected chi connectivity index (χ3v) is 3.41. The molecule has 0 radical (unpaired) electrons. The van der Waals surface area contributed by atoms with Crippen molar-refractivity contribution in [2.24, 2.45) is 0 Å². The lowest BCUT2D eigenvalue weighted by atomic mass is 10.2. The van der Waals surface area contributed by atoms with Crippen molar-refractivity contribution in [1.29, 1.82) is 0 Å². The number of nitrogens with zero attached hydrogens (tertiary/aromatic N) is 2. The molecule has 104 valence electrons. The molecule has 0 bridgehead atoms. The quantitative estimate of drug-likeness (QED) is 0.757. The number of carbonyl (C=O) groups excluding carboxylic acids is 1. The second-order valence-corrected chi connectivity index (χ2v) is 5.02. The number of rotatable bonds is 6. The first-order chi connectivity index (χ1) is 9.25. The Hall–Kier alpha value is -1.62. The molecule has 0 aliphatic carbocycles. The van der Waals surface area contributed by atoms with Crippen molar-refractivity contribution in [1.82, 2.24) is 15.2 Å². The Labute approximate surface area is 114 Å². The number of unbranched alkanes of at least 4 members (excludes halogenated alkanes) is 1. The van der Waals surface area contributed by atoms with Gasteiger partial charge in [0.1, 0.15) is 0 Å². The van der Waals surface area contributed by atoms with Crippen molar-refractivity contribution in [3.8, 4) is 0 Å². The average Bonchev–Trinajstić information content (AvgIpc) is 2.91. The number of likely N-dealkylation sites (tertiary alicyclic amines) is 1. The van der Waals surface area contributed by atoms with Gasteiger partial charge in [0.2, 0.25) is 0 Å². The van der Waals surface area contributed by atoms with E-state index in [0.717, 1.165) is 19.4 Å². The maximum absolute atomic E-state index is 11.8. The van der Waals surface area contributed by atoms with Gasteiger partial charge >= 0.3 is 0 Å². The summed E-state index contributed by atoms with van der Waals surface area (Å²) in [5.74, 6) is -0.0963. The van der Waals surface area contributed by atoms with E-state index in [2.05, 4.69) is 15.2 Å². The Morgan fingerprint density at radius 1 is 1.32 bits per heavy atom. The Balaban J connectivity index is 1.61. The number of amides is 1. The van der Waals surface area contributed by atoms with Crippen LogP contribution in [0, 0.1) is 0 Å². The van der Waals surface area contributed by atoms with E-state index in [-0.39, 0.29) is 5.91 Å². The first-order valence-corrected chi connectivity index (χ1v) is 6.97. The molecule has 1 saturated heterocycles. The van der Waals surface area contributed by atoms with Crippen LogP contribution in [-0.4, -0.2) is 42.0 Å². The molecular weight excluding hydrogens is 240 g/mol. The van der Waals surface area contributed by atoms with E-state index >= 15 is 0 Å². The Bertz CT molecular complexity index is 416. The van der Waals surface area contributed by atoms with Crippen LogP contribution in [0.4, 0.5) is 5.69 Å². The van der Waals surface area contributed by atoms with E-state index in [4.69, 9.17) is 5.73 Å². The number of nitrogens with two attached hydrogens (primary N) is 1. The van der Waals surface area contributed by atoms with Gasteiger partial charge < -0.3 is 16.0 Å². The normalized spacial score (nSPS) is 15.6. The monoisotopic (exact) mass is 262 g/mol. The molecule has 1 fully saturated rings. The minimum absolute atomic E-state index is 0.0963. The predicted molar refractivity (Wildman–Crippen MR) is 75.9 cm³/mol. The zero-order valence-corrected chi connectivity index (χ0v) is 11.3. The van der Waals surface area contributed by atoms with Crippen LogP contribution in [0.2, 0.25) is 0 Å². The van der Waals surface area contributed by atoms with Gasteiger partial charge in [-0.15, -0.1) is 0 Å².